The first-order valence-corrected chi connectivity index (χ1v) is 24.7. The number of sulfonamides is 1. The van der Waals surface area contributed by atoms with E-state index in [9.17, 15) is 36.4 Å². The highest BCUT2D eigenvalue weighted by molar-refractivity contribution is 7.90. The number of aryl methyl sites for hydroxylation is 1. The van der Waals surface area contributed by atoms with Gasteiger partial charge in [-0.1, -0.05) is 38.8 Å². The van der Waals surface area contributed by atoms with Gasteiger partial charge in [-0.3, -0.25) is 23.9 Å². The van der Waals surface area contributed by atoms with Crippen LogP contribution in [-0.4, -0.2) is 102 Å². The number of nitrogens with zero attached hydrogens (tertiary/aromatic N) is 4. The minimum Gasteiger partial charge on any atom is -0.496 e. The summed E-state index contributed by atoms with van der Waals surface area (Å²) in [6, 6.07) is 4.42. The van der Waals surface area contributed by atoms with Gasteiger partial charge in [0.15, 0.2) is 5.78 Å². The highest BCUT2D eigenvalue weighted by Gasteiger charge is 2.61. The van der Waals surface area contributed by atoms with Crippen LogP contribution in [0.3, 0.4) is 0 Å². The number of ether oxygens (including phenoxy) is 2. The molecular weight excluding hydrogens is 853 g/mol. The van der Waals surface area contributed by atoms with Crippen molar-refractivity contribution < 1.29 is 45.9 Å². The first-order valence-electron chi connectivity index (χ1n) is 22.3. The minimum atomic E-state index is -3.91. The van der Waals surface area contributed by atoms with Gasteiger partial charge in [0.05, 0.1) is 48.1 Å². The maximum Gasteiger partial charge on any atom is 0.265 e. The number of halogens is 2. The summed E-state index contributed by atoms with van der Waals surface area (Å²) in [7, 11) is -2.32. The molecule has 5 heterocycles. The summed E-state index contributed by atoms with van der Waals surface area (Å²) in [5.74, 6) is -5.08. The molecule has 4 fully saturated rings. The molecule has 0 radical (unpaired) electrons. The van der Waals surface area contributed by atoms with E-state index in [0.717, 1.165) is 29.0 Å². The van der Waals surface area contributed by atoms with Crippen LogP contribution in [0, 0.1) is 24.2 Å². The van der Waals surface area contributed by atoms with Gasteiger partial charge in [-0.05, 0) is 75.8 Å². The second kappa shape index (κ2) is 17.8. The smallest absolute Gasteiger partial charge is 0.265 e. The Balaban J connectivity index is 1.14. The molecule has 5 atom stereocenters. The molecule has 3 aliphatic heterocycles. The number of methoxy groups -OCH3 is 1. The van der Waals surface area contributed by atoms with Crippen LogP contribution in [0.5, 0.6) is 11.5 Å². The van der Waals surface area contributed by atoms with Gasteiger partial charge in [0.1, 0.15) is 28.3 Å². The number of allylic oxidation sites excluding steroid dienone is 2. The van der Waals surface area contributed by atoms with Crippen LogP contribution in [0.1, 0.15) is 114 Å². The van der Waals surface area contributed by atoms with Crippen LogP contribution in [0.2, 0.25) is 0 Å². The van der Waals surface area contributed by atoms with Gasteiger partial charge in [-0.15, -0.1) is 11.3 Å². The highest BCUT2D eigenvalue weighted by atomic mass is 32.2. The van der Waals surface area contributed by atoms with Crippen LogP contribution in [-0.2, 0) is 29.2 Å². The summed E-state index contributed by atoms with van der Waals surface area (Å²) >= 11 is 1.46. The maximum absolute atomic E-state index is 15.0. The van der Waals surface area contributed by atoms with Crippen molar-refractivity contribution in [2.75, 3.05) is 26.7 Å². The van der Waals surface area contributed by atoms with Crippen LogP contribution >= 0.6 is 11.3 Å². The molecule has 8 rings (SSSR count). The number of nitrogens with one attached hydrogen (secondary N) is 1. The van der Waals surface area contributed by atoms with Crippen molar-refractivity contribution in [1.82, 2.24) is 24.5 Å². The molecular formula is C46H57F2N5O8S2. The number of hydrogen-bond donors (Lipinski definition) is 1. The van der Waals surface area contributed by atoms with Crippen molar-refractivity contribution in [3.63, 3.8) is 0 Å². The van der Waals surface area contributed by atoms with Gasteiger partial charge in [-0.25, -0.2) is 27.2 Å². The number of carbonyl (C=O) groups is 4. The zero-order valence-corrected chi connectivity index (χ0v) is 38.0. The molecule has 1 N–H and O–H groups in total. The quantitative estimate of drug-likeness (QED) is 0.201. The van der Waals surface area contributed by atoms with Crippen molar-refractivity contribution >= 4 is 55.8 Å². The lowest BCUT2D eigenvalue weighted by Crippen LogP contribution is -2.49. The predicted molar refractivity (Wildman–Crippen MR) is 234 cm³/mol. The first-order chi connectivity index (χ1) is 30.0. The number of Topliss-reactive ketones (excluding diaryl/α,β-unsaturated/α-hetero) is 1. The predicted octanol–water partition coefficient (Wildman–Crippen LogP) is 7.51. The van der Waals surface area contributed by atoms with E-state index in [2.05, 4.69) is 18.6 Å². The van der Waals surface area contributed by atoms with Gasteiger partial charge >= 0.3 is 0 Å². The van der Waals surface area contributed by atoms with Crippen molar-refractivity contribution in [1.29, 1.82) is 0 Å². The SMILES string of the molecule is COc1ccc2c(OC3CC4C(=O)CC5(C(=O)NS(=O)(=O)C6CC6)CC5/C=C\CCCCCC(CC(=O)N5CCCC(F)(F)C5)C(=O)N4C3)cc(-c3nc(C(C)C)cs3)nc2c1C. The number of amides is 3. The number of likely N-dealkylation sites (tertiary alicyclic amines) is 1. The first kappa shape index (κ1) is 45.1. The molecule has 340 valence electrons. The van der Waals surface area contributed by atoms with Crippen molar-refractivity contribution in [3.05, 3.63) is 47.0 Å². The Labute approximate surface area is 371 Å². The van der Waals surface area contributed by atoms with E-state index in [1.807, 2.05) is 42.7 Å². The molecule has 17 heteroatoms. The molecule has 3 amide bonds. The number of fused-ring (bicyclic) bond motifs is 3. The van der Waals surface area contributed by atoms with Gasteiger partial charge in [0.25, 0.3) is 5.92 Å². The average molecular weight is 910 g/mol. The van der Waals surface area contributed by atoms with Crippen LogP contribution in [0.15, 0.2) is 35.7 Å². The molecule has 5 aliphatic rings. The number of carbonyl (C=O) groups excluding carboxylic acids is 4. The van der Waals surface area contributed by atoms with E-state index in [-0.39, 0.29) is 63.5 Å². The number of ketones is 1. The summed E-state index contributed by atoms with van der Waals surface area (Å²) in [5.41, 5.74) is 1.60. The maximum atomic E-state index is 15.0. The lowest BCUT2D eigenvalue weighted by atomic mass is 9.90. The Morgan fingerprint density at radius 2 is 1.86 bits per heavy atom. The summed E-state index contributed by atoms with van der Waals surface area (Å²) in [5, 5.41) is 2.73. The van der Waals surface area contributed by atoms with Crippen molar-refractivity contribution in [2.24, 2.45) is 17.3 Å². The topological polar surface area (TPSA) is 165 Å². The van der Waals surface area contributed by atoms with Gasteiger partial charge in [0.2, 0.25) is 27.7 Å². The summed E-state index contributed by atoms with van der Waals surface area (Å²) in [6.07, 6.45) is 6.78. The third kappa shape index (κ3) is 9.64. The Kier molecular flexibility index (Phi) is 12.7. The number of aromatic nitrogens is 2. The monoisotopic (exact) mass is 909 g/mol. The van der Waals surface area contributed by atoms with Gasteiger partial charge in [-0.2, -0.15) is 0 Å². The fourth-order valence-electron chi connectivity index (χ4n) is 9.50. The number of thiazole rings is 1. The standard InChI is InChI=1S/C46H57F2N5O8S2/c1-27(2)35-25-62-42(50-35)34-21-39(33-15-16-38(60-4)28(3)41(33)49-34)61-31-20-36-37(54)23-45(44(57)51-63(58,59)32-13-14-32)22-30(45)12-9-7-5-6-8-11-29(43(56)53(36)24-31)19-40(55)52-18-10-17-46(47,48)26-52/h9,12,15-16,21,25,27,29-32,36H,5-8,10-11,13-14,17-20,22-24,26H2,1-4H3,(H,51,57)/b12-9-. The number of hydrogen-bond acceptors (Lipinski definition) is 11. The molecule has 0 bridgehead atoms. The number of piperidine rings is 1. The minimum absolute atomic E-state index is 0.0245. The van der Waals surface area contributed by atoms with E-state index < -0.39 is 74.7 Å². The second-order valence-electron chi connectivity index (χ2n) is 18.5. The van der Waals surface area contributed by atoms with E-state index in [0.29, 0.717) is 65.2 Å². The molecule has 0 spiro atoms. The molecule has 5 unspecified atom stereocenters. The van der Waals surface area contributed by atoms with Gasteiger partial charge < -0.3 is 19.3 Å². The van der Waals surface area contributed by atoms with E-state index in [4.69, 9.17) is 19.4 Å². The molecule has 2 aliphatic carbocycles. The van der Waals surface area contributed by atoms with E-state index in [1.165, 1.54) is 16.2 Å². The molecule has 1 aromatic carbocycles. The van der Waals surface area contributed by atoms with Crippen LogP contribution in [0.4, 0.5) is 8.78 Å². The third-order valence-electron chi connectivity index (χ3n) is 13.5. The fourth-order valence-corrected chi connectivity index (χ4v) is 11.8. The highest BCUT2D eigenvalue weighted by Crippen LogP contribution is 2.57. The number of alkyl halides is 2. The Bertz CT molecular complexity index is 2420. The van der Waals surface area contributed by atoms with Crippen LogP contribution < -0.4 is 14.2 Å². The largest absolute Gasteiger partial charge is 0.496 e. The molecule has 3 aromatic rings. The Hall–Kier alpha value is -4.51. The lowest BCUT2D eigenvalue weighted by molar-refractivity contribution is -0.148. The Morgan fingerprint density at radius 3 is 2.57 bits per heavy atom. The molecule has 13 nitrogen and oxygen atoms in total. The fraction of sp³-hybridized carbons (Fsp3) is 0.609. The average Bonchev–Trinajstić information content (AvgIpc) is 4.11. The molecule has 63 heavy (non-hydrogen) atoms. The second-order valence-corrected chi connectivity index (χ2v) is 21.4. The zero-order valence-electron chi connectivity index (χ0n) is 36.4. The van der Waals surface area contributed by atoms with Crippen molar-refractivity contribution in [2.45, 2.75) is 133 Å². The molecule has 2 saturated heterocycles. The number of pyridine rings is 1. The normalized spacial score (nSPS) is 27.3. The lowest BCUT2D eigenvalue weighted by Gasteiger charge is -2.34. The van der Waals surface area contributed by atoms with Crippen molar-refractivity contribution in [3.8, 4) is 22.2 Å². The summed E-state index contributed by atoms with van der Waals surface area (Å²) in [6.45, 7) is 5.48. The Morgan fingerprint density at radius 1 is 1.06 bits per heavy atom. The molecule has 2 aromatic heterocycles. The van der Waals surface area contributed by atoms with Crippen LogP contribution in [0.25, 0.3) is 21.6 Å². The van der Waals surface area contributed by atoms with Gasteiger partial charge in [0, 0.05) is 60.5 Å². The number of benzene rings is 1. The zero-order chi connectivity index (χ0) is 44.8. The van der Waals surface area contributed by atoms with E-state index in [1.54, 1.807) is 7.11 Å². The summed E-state index contributed by atoms with van der Waals surface area (Å²) < 4.78 is 69.8. The van der Waals surface area contributed by atoms with E-state index >= 15 is 0 Å². The molecule has 2 saturated carbocycles. The number of rotatable bonds is 10. The summed E-state index contributed by atoms with van der Waals surface area (Å²) in [4.78, 5) is 69.9. The third-order valence-corrected chi connectivity index (χ3v) is 16.2.